The molecule has 3 heteroatoms. The van der Waals surface area contributed by atoms with Crippen LogP contribution in [0.15, 0.2) is 103 Å². The Hall–Kier alpha value is -4.63. The Labute approximate surface area is 209 Å². The van der Waals surface area contributed by atoms with E-state index in [0.29, 0.717) is 6.29 Å². The molecule has 7 rings (SSSR count). The molecule has 2 aliphatic carbocycles. The number of phenolic OH excluding ortho intramolecular Hbond substituents is 1. The first kappa shape index (κ1) is 20.7. The predicted molar refractivity (Wildman–Crippen MR) is 145 cm³/mol. The molecule has 0 saturated heterocycles. The molecule has 5 aromatic carbocycles. The van der Waals surface area contributed by atoms with Gasteiger partial charge < -0.3 is 10.0 Å². The molecule has 0 amide bonds. The predicted octanol–water partition coefficient (Wildman–Crippen LogP) is 7.82. The second-order valence-electron chi connectivity index (χ2n) is 9.47. The van der Waals surface area contributed by atoms with Crippen LogP contribution in [-0.4, -0.2) is 11.4 Å². The third-order valence-electron chi connectivity index (χ3n) is 7.53. The van der Waals surface area contributed by atoms with Crippen molar-refractivity contribution in [1.82, 2.24) is 0 Å². The number of nitrogens with zero attached hydrogens (tertiary/aromatic N) is 1. The van der Waals surface area contributed by atoms with Gasteiger partial charge in [-0.1, -0.05) is 72.8 Å². The zero-order valence-corrected chi connectivity index (χ0v) is 19.6. The minimum Gasteiger partial charge on any atom is -0.507 e. The molecule has 3 nitrogen and oxygen atoms in total. The highest BCUT2D eigenvalue weighted by atomic mass is 16.3. The molecule has 0 fully saturated rings. The summed E-state index contributed by atoms with van der Waals surface area (Å²) in [6.45, 7) is 0. The fourth-order valence-electron chi connectivity index (χ4n) is 5.88. The van der Waals surface area contributed by atoms with Gasteiger partial charge in [0.15, 0.2) is 6.29 Å². The summed E-state index contributed by atoms with van der Waals surface area (Å²) < 4.78 is 0. The van der Waals surface area contributed by atoms with E-state index < -0.39 is 0 Å². The van der Waals surface area contributed by atoms with Crippen molar-refractivity contribution in [2.24, 2.45) is 0 Å². The van der Waals surface area contributed by atoms with E-state index in [1.807, 2.05) is 6.07 Å². The van der Waals surface area contributed by atoms with Crippen LogP contribution < -0.4 is 4.90 Å². The highest BCUT2D eigenvalue weighted by molar-refractivity contribution is 5.92. The van der Waals surface area contributed by atoms with Crippen LogP contribution in [0.4, 0.5) is 17.1 Å². The fourth-order valence-corrected chi connectivity index (χ4v) is 5.88. The van der Waals surface area contributed by atoms with Crippen LogP contribution in [0.2, 0.25) is 0 Å². The number of hydrogen-bond donors (Lipinski definition) is 1. The molecule has 0 radical (unpaired) electrons. The van der Waals surface area contributed by atoms with Gasteiger partial charge in [0.1, 0.15) is 5.75 Å². The smallest absolute Gasteiger partial charge is 0.153 e. The first-order chi connectivity index (χ1) is 17.7. The van der Waals surface area contributed by atoms with Crippen molar-refractivity contribution < 1.29 is 9.90 Å². The number of carbonyl (C=O) groups excluding carboxylic acids is 1. The number of phenols is 1. The van der Waals surface area contributed by atoms with Crippen LogP contribution in [0.5, 0.6) is 5.75 Å². The summed E-state index contributed by atoms with van der Waals surface area (Å²) in [5, 5.41) is 10.6. The van der Waals surface area contributed by atoms with Crippen LogP contribution in [0, 0.1) is 0 Å². The van der Waals surface area contributed by atoms with Crippen LogP contribution in [-0.2, 0) is 12.8 Å². The van der Waals surface area contributed by atoms with Gasteiger partial charge in [-0.3, -0.25) is 4.79 Å². The molecule has 0 aromatic heterocycles. The van der Waals surface area contributed by atoms with Gasteiger partial charge in [-0.2, -0.15) is 0 Å². The fraction of sp³-hybridized carbons (Fsp3) is 0.0606. The number of aromatic hydroxyl groups is 1. The first-order valence-corrected chi connectivity index (χ1v) is 12.2. The van der Waals surface area contributed by atoms with Crippen LogP contribution in [0.25, 0.3) is 22.3 Å². The monoisotopic (exact) mass is 465 g/mol. The van der Waals surface area contributed by atoms with Crippen molar-refractivity contribution in [2.75, 3.05) is 4.90 Å². The van der Waals surface area contributed by atoms with E-state index in [9.17, 15) is 9.90 Å². The number of anilines is 3. The largest absolute Gasteiger partial charge is 0.507 e. The molecule has 0 aliphatic heterocycles. The Kier molecular flexibility index (Phi) is 4.58. The molecule has 0 spiro atoms. The normalized spacial score (nSPS) is 12.4. The molecule has 0 bridgehead atoms. The highest BCUT2D eigenvalue weighted by Gasteiger charge is 2.29. The second kappa shape index (κ2) is 7.96. The molecule has 0 unspecified atom stereocenters. The lowest BCUT2D eigenvalue weighted by atomic mass is 10.00. The third kappa shape index (κ3) is 3.03. The zero-order valence-electron chi connectivity index (χ0n) is 19.6. The van der Waals surface area contributed by atoms with Gasteiger partial charge in [-0.25, -0.2) is 0 Å². The van der Waals surface area contributed by atoms with E-state index in [1.165, 1.54) is 44.5 Å². The summed E-state index contributed by atoms with van der Waals surface area (Å²) in [5.74, 6) is -0.0146. The Balaban J connectivity index is 1.48. The van der Waals surface area contributed by atoms with E-state index in [2.05, 4.69) is 89.8 Å². The maximum atomic E-state index is 11.4. The average molecular weight is 466 g/mol. The Morgan fingerprint density at radius 2 is 1.14 bits per heavy atom. The SMILES string of the molecule is O=Cc1ccc(N(c2cccc3c2Cc2ccccc2-3)c2cccc3c2Cc2ccccc2-3)cc1O. The van der Waals surface area contributed by atoms with E-state index in [-0.39, 0.29) is 11.3 Å². The van der Waals surface area contributed by atoms with Crippen molar-refractivity contribution in [3.05, 3.63) is 131 Å². The van der Waals surface area contributed by atoms with Crippen LogP contribution >= 0.6 is 0 Å². The van der Waals surface area contributed by atoms with Gasteiger partial charge in [0.2, 0.25) is 0 Å². The van der Waals surface area contributed by atoms with Gasteiger partial charge in [0, 0.05) is 24.6 Å². The molecule has 0 heterocycles. The van der Waals surface area contributed by atoms with Crippen LogP contribution in [0.3, 0.4) is 0 Å². The number of carbonyl (C=O) groups is 1. The van der Waals surface area contributed by atoms with E-state index in [0.717, 1.165) is 29.9 Å². The molecular formula is C33H23NO2. The minimum absolute atomic E-state index is 0.0146. The summed E-state index contributed by atoms with van der Waals surface area (Å²) in [7, 11) is 0. The van der Waals surface area contributed by atoms with Gasteiger partial charge in [0.05, 0.1) is 16.9 Å². The van der Waals surface area contributed by atoms with Crippen molar-refractivity contribution in [1.29, 1.82) is 0 Å². The van der Waals surface area contributed by atoms with Gasteiger partial charge >= 0.3 is 0 Å². The molecule has 1 N–H and O–H groups in total. The van der Waals surface area contributed by atoms with Gasteiger partial charge in [-0.05, 0) is 68.8 Å². The van der Waals surface area contributed by atoms with E-state index in [1.54, 1.807) is 12.1 Å². The molecule has 172 valence electrons. The summed E-state index contributed by atoms with van der Waals surface area (Å²) in [6.07, 6.45) is 2.40. The maximum Gasteiger partial charge on any atom is 0.153 e. The maximum absolute atomic E-state index is 11.4. The summed E-state index contributed by atoms with van der Waals surface area (Å²) >= 11 is 0. The molecule has 2 aliphatic rings. The van der Waals surface area contributed by atoms with Crippen molar-refractivity contribution in [3.63, 3.8) is 0 Å². The number of benzene rings is 5. The molecular weight excluding hydrogens is 442 g/mol. The first-order valence-electron chi connectivity index (χ1n) is 12.2. The lowest BCUT2D eigenvalue weighted by Crippen LogP contribution is -2.14. The number of fused-ring (bicyclic) bond motifs is 6. The lowest BCUT2D eigenvalue weighted by molar-refractivity contribution is 0.112. The highest BCUT2D eigenvalue weighted by Crippen LogP contribution is 2.49. The van der Waals surface area contributed by atoms with Crippen molar-refractivity contribution in [2.45, 2.75) is 12.8 Å². The van der Waals surface area contributed by atoms with Crippen molar-refractivity contribution in [3.8, 4) is 28.0 Å². The summed E-state index contributed by atoms with van der Waals surface area (Å²) in [5.41, 5.74) is 13.5. The standard InChI is InChI=1S/C33H23NO2/c35-20-23-15-16-24(19-33(23)36)34(31-13-5-11-27-25-9-3-1-7-21(25)17-29(27)31)32-14-6-12-28-26-10-4-2-8-22(26)18-30(28)32/h1-16,19-20,36H,17-18H2. The van der Waals surface area contributed by atoms with E-state index in [4.69, 9.17) is 0 Å². The third-order valence-corrected chi connectivity index (χ3v) is 7.53. The summed E-state index contributed by atoms with van der Waals surface area (Å²) in [6, 6.07) is 35.4. The number of rotatable bonds is 4. The Morgan fingerprint density at radius 1 is 0.611 bits per heavy atom. The molecule has 0 saturated carbocycles. The van der Waals surface area contributed by atoms with Crippen LogP contribution in [0.1, 0.15) is 32.6 Å². The second-order valence-corrected chi connectivity index (χ2v) is 9.47. The molecule has 5 aromatic rings. The van der Waals surface area contributed by atoms with Gasteiger partial charge in [-0.15, -0.1) is 0 Å². The summed E-state index contributed by atoms with van der Waals surface area (Å²) in [4.78, 5) is 13.7. The Morgan fingerprint density at radius 3 is 1.67 bits per heavy atom. The van der Waals surface area contributed by atoms with Gasteiger partial charge in [0.25, 0.3) is 0 Å². The quantitative estimate of drug-likeness (QED) is 0.269. The molecule has 36 heavy (non-hydrogen) atoms. The number of aldehydes is 1. The average Bonchev–Trinajstić information content (AvgIpc) is 3.49. The Bertz CT molecular complexity index is 1590. The minimum atomic E-state index is -0.0146. The van der Waals surface area contributed by atoms with E-state index >= 15 is 0 Å². The van der Waals surface area contributed by atoms with Crippen molar-refractivity contribution >= 4 is 23.3 Å². The number of hydrogen-bond acceptors (Lipinski definition) is 3. The lowest BCUT2D eigenvalue weighted by Gasteiger charge is -2.30. The zero-order chi connectivity index (χ0) is 24.2. The topological polar surface area (TPSA) is 40.5 Å². The molecule has 0 atom stereocenters.